The Morgan fingerprint density at radius 2 is 1.80 bits per heavy atom. The van der Waals surface area contributed by atoms with Gasteiger partial charge in [0, 0.05) is 23.2 Å². The summed E-state index contributed by atoms with van der Waals surface area (Å²) in [5.41, 5.74) is 1.74. The van der Waals surface area contributed by atoms with Crippen LogP contribution < -0.4 is 5.32 Å². The van der Waals surface area contributed by atoms with Crippen molar-refractivity contribution in [3.63, 3.8) is 0 Å². The number of halogens is 1. The predicted molar refractivity (Wildman–Crippen MR) is 113 cm³/mol. The minimum Gasteiger partial charge on any atom is -0.307 e. The van der Waals surface area contributed by atoms with Gasteiger partial charge in [0.25, 0.3) is 17.7 Å². The van der Waals surface area contributed by atoms with Gasteiger partial charge in [-0.3, -0.25) is 19.3 Å². The lowest BCUT2D eigenvalue weighted by Crippen LogP contribution is -2.29. The van der Waals surface area contributed by atoms with Crippen LogP contribution in [-0.2, 0) is 6.54 Å². The monoisotopic (exact) mass is 420 g/mol. The Morgan fingerprint density at radius 3 is 2.53 bits per heavy atom. The summed E-state index contributed by atoms with van der Waals surface area (Å²) in [6.45, 7) is 4.14. The van der Waals surface area contributed by atoms with Gasteiger partial charge in [0.15, 0.2) is 0 Å². The molecule has 3 aromatic rings. The fourth-order valence-corrected chi connectivity index (χ4v) is 3.37. The Bertz CT molecular complexity index is 1170. The van der Waals surface area contributed by atoms with Crippen LogP contribution in [0.15, 0.2) is 67.4 Å². The van der Waals surface area contributed by atoms with Gasteiger partial charge >= 0.3 is 0 Å². The average molecular weight is 421 g/mol. The number of benzene rings is 2. The quantitative estimate of drug-likeness (QED) is 0.487. The lowest BCUT2D eigenvalue weighted by atomic mass is 10.1. The number of nitrogens with zero attached hydrogens (tertiary/aromatic N) is 3. The fraction of sp³-hybridized carbons (Fsp3) is 0.0909. The number of carbonyl (C=O) groups is 3. The second kappa shape index (κ2) is 7.96. The van der Waals surface area contributed by atoms with Crippen LogP contribution >= 0.6 is 11.6 Å². The largest absolute Gasteiger partial charge is 0.307 e. The van der Waals surface area contributed by atoms with Crippen molar-refractivity contribution in [3.05, 3.63) is 94.7 Å². The highest BCUT2D eigenvalue weighted by Crippen LogP contribution is 2.24. The third kappa shape index (κ3) is 3.62. The van der Waals surface area contributed by atoms with E-state index in [4.69, 9.17) is 11.6 Å². The maximum atomic E-state index is 12.8. The molecule has 150 valence electrons. The van der Waals surface area contributed by atoms with Crippen molar-refractivity contribution >= 4 is 35.1 Å². The zero-order valence-electron chi connectivity index (χ0n) is 15.8. The van der Waals surface area contributed by atoms with Crippen molar-refractivity contribution in [1.82, 2.24) is 14.7 Å². The highest BCUT2D eigenvalue weighted by molar-refractivity contribution is 6.30. The van der Waals surface area contributed by atoms with E-state index < -0.39 is 11.8 Å². The molecule has 2 heterocycles. The molecule has 7 nitrogen and oxygen atoms in total. The molecule has 0 atom stereocenters. The van der Waals surface area contributed by atoms with E-state index >= 15 is 0 Å². The highest BCUT2D eigenvalue weighted by atomic mass is 35.5. The molecular formula is C22H17ClN4O3. The molecule has 0 aliphatic carbocycles. The van der Waals surface area contributed by atoms with E-state index in [1.807, 2.05) is 12.1 Å². The smallest absolute Gasteiger partial charge is 0.261 e. The SMILES string of the molecule is C=CCN1C(=O)c2ccc(C(=O)Nc3ccnn3Cc3ccc(Cl)cc3)cc2C1=O. The minimum absolute atomic E-state index is 0.123. The number of imide groups is 1. The van der Waals surface area contributed by atoms with Gasteiger partial charge in [0.1, 0.15) is 5.82 Å². The first-order chi connectivity index (χ1) is 14.5. The lowest BCUT2D eigenvalue weighted by Gasteiger charge is -2.10. The van der Waals surface area contributed by atoms with Gasteiger partial charge in [-0.25, -0.2) is 4.68 Å². The maximum Gasteiger partial charge on any atom is 0.261 e. The number of nitrogens with one attached hydrogen (secondary N) is 1. The van der Waals surface area contributed by atoms with Crippen LogP contribution in [0.25, 0.3) is 0 Å². The standard InChI is InChI=1S/C22H17ClN4O3/c1-2-11-26-21(29)17-8-5-15(12-18(17)22(26)30)20(28)25-19-9-10-24-27(19)13-14-3-6-16(23)7-4-14/h2-10,12H,1,11,13H2,(H,25,28). The molecule has 3 amide bonds. The van der Waals surface area contributed by atoms with Gasteiger partial charge in [0.2, 0.25) is 0 Å². The molecule has 2 aromatic carbocycles. The van der Waals surface area contributed by atoms with Crippen molar-refractivity contribution in [2.24, 2.45) is 0 Å². The molecular weight excluding hydrogens is 404 g/mol. The first-order valence-electron chi connectivity index (χ1n) is 9.16. The molecule has 0 saturated heterocycles. The van der Waals surface area contributed by atoms with Crippen molar-refractivity contribution < 1.29 is 14.4 Å². The number of anilines is 1. The third-order valence-electron chi connectivity index (χ3n) is 4.75. The molecule has 1 aliphatic rings. The molecule has 1 N–H and O–H groups in total. The summed E-state index contributed by atoms with van der Waals surface area (Å²) in [5.74, 6) is -0.718. The molecule has 8 heteroatoms. The van der Waals surface area contributed by atoms with Crippen LogP contribution in [0.2, 0.25) is 5.02 Å². The first-order valence-corrected chi connectivity index (χ1v) is 9.54. The van der Waals surface area contributed by atoms with Gasteiger partial charge in [0.05, 0.1) is 23.9 Å². The zero-order chi connectivity index (χ0) is 21.3. The Hall–Kier alpha value is -3.71. The molecule has 4 rings (SSSR count). The molecule has 0 bridgehead atoms. The summed E-state index contributed by atoms with van der Waals surface area (Å²) in [4.78, 5) is 38.6. The Labute approximate surface area is 177 Å². The molecule has 1 aromatic heterocycles. The van der Waals surface area contributed by atoms with Gasteiger partial charge in [-0.15, -0.1) is 6.58 Å². The van der Waals surface area contributed by atoms with E-state index in [1.54, 1.807) is 29.1 Å². The molecule has 0 spiro atoms. The van der Waals surface area contributed by atoms with Gasteiger partial charge < -0.3 is 5.32 Å². The van der Waals surface area contributed by atoms with Crippen LogP contribution in [0, 0.1) is 0 Å². The maximum absolute atomic E-state index is 12.8. The molecule has 0 unspecified atom stereocenters. The van der Waals surface area contributed by atoms with Crippen molar-refractivity contribution in [1.29, 1.82) is 0 Å². The predicted octanol–water partition coefficient (Wildman–Crippen LogP) is 3.62. The average Bonchev–Trinajstić information content (AvgIpc) is 3.27. The molecule has 1 aliphatic heterocycles. The second-order valence-electron chi connectivity index (χ2n) is 6.72. The van der Waals surface area contributed by atoms with Gasteiger partial charge in [-0.1, -0.05) is 29.8 Å². The van der Waals surface area contributed by atoms with E-state index in [0.29, 0.717) is 17.4 Å². The zero-order valence-corrected chi connectivity index (χ0v) is 16.6. The number of hydrogen-bond donors (Lipinski definition) is 1. The van der Waals surface area contributed by atoms with Crippen LogP contribution in [0.4, 0.5) is 5.82 Å². The number of aromatic nitrogens is 2. The number of fused-ring (bicyclic) bond motifs is 1. The number of hydrogen-bond acceptors (Lipinski definition) is 4. The van der Waals surface area contributed by atoms with E-state index in [9.17, 15) is 14.4 Å². The van der Waals surface area contributed by atoms with Crippen LogP contribution in [0.1, 0.15) is 36.6 Å². The van der Waals surface area contributed by atoms with E-state index in [0.717, 1.165) is 10.5 Å². The number of amides is 3. The summed E-state index contributed by atoms with van der Waals surface area (Å²) < 4.78 is 1.65. The molecule has 0 fully saturated rings. The van der Waals surface area contributed by atoms with Gasteiger partial charge in [-0.05, 0) is 35.9 Å². The lowest BCUT2D eigenvalue weighted by molar-refractivity contribution is 0.0672. The summed E-state index contributed by atoms with van der Waals surface area (Å²) in [7, 11) is 0. The number of carbonyl (C=O) groups excluding carboxylic acids is 3. The van der Waals surface area contributed by atoms with Crippen molar-refractivity contribution in [2.75, 3.05) is 11.9 Å². The third-order valence-corrected chi connectivity index (χ3v) is 5.00. The summed E-state index contributed by atoms with van der Waals surface area (Å²) in [6, 6.07) is 13.5. The van der Waals surface area contributed by atoms with Crippen molar-refractivity contribution in [3.8, 4) is 0 Å². The Kier molecular flexibility index (Phi) is 5.20. The van der Waals surface area contributed by atoms with E-state index in [2.05, 4.69) is 17.0 Å². The van der Waals surface area contributed by atoms with Crippen LogP contribution in [0.3, 0.4) is 0 Å². The van der Waals surface area contributed by atoms with Crippen molar-refractivity contribution in [2.45, 2.75) is 6.54 Å². The van der Waals surface area contributed by atoms with E-state index in [-0.39, 0.29) is 29.1 Å². The topological polar surface area (TPSA) is 84.3 Å². The second-order valence-corrected chi connectivity index (χ2v) is 7.16. The Morgan fingerprint density at radius 1 is 1.07 bits per heavy atom. The minimum atomic E-state index is -0.433. The molecule has 0 saturated carbocycles. The molecule has 30 heavy (non-hydrogen) atoms. The highest BCUT2D eigenvalue weighted by Gasteiger charge is 2.35. The molecule has 0 radical (unpaired) electrons. The van der Waals surface area contributed by atoms with Gasteiger partial charge in [-0.2, -0.15) is 5.10 Å². The number of rotatable bonds is 6. The normalized spacial score (nSPS) is 12.8. The summed E-state index contributed by atoms with van der Waals surface area (Å²) in [6.07, 6.45) is 3.07. The van der Waals surface area contributed by atoms with E-state index in [1.165, 1.54) is 24.3 Å². The fourth-order valence-electron chi connectivity index (χ4n) is 3.24. The van der Waals surface area contributed by atoms with Crippen LogP contribution in [0.5, 0.6) is 0 Å². The first kappa shape index (κ1) is 19.6. The summed E-state index contributed by atoms with van der Waals surface area (Å²) in [5, 5.41) is 7.69. The van der Waals surface area contributed by atoms with Crippen LogP contribution in [-0.4, -0.2) is 38.9 Å². The summed E-state index contributed by atoms with van der Waals surface area (Å²) >= 11 is 5.92. The Balaban J connectivity index is 1.53.